The second-order valence-electron chi connectivity index (χ2n) is 8.09. The fourth-order valence-electron chi connectivity index (χ4n) is 4.62. The molecule has 4 rings (SSSR count). The number of benzene rings is 2. The summed E-state index contributed by atoms with van der Waals surface area (Å²) < 4.78 is 0. The van der Waals surface area contributed by atoms with Crippen LogP contribution in [-0.4, -0.2) is 43.5 Å². The Morgan fingerprint density at radius 2 is 1.69 bits per heavy atom. The molecule has 0 N–H and O–H groups in total. The molecule has 0 aliphatic carbocycles. The Labute approximate surface area is 174 Å². The molecule has 4 heteroatoms. The summed E-state index contributed by atoms with van der Waals surface area (Å²) in [4.78, 5) is 19.9. The van der Waals surface area contributed by atoms with Crippen molar-refractivity contribution in [2.24, 2.45) is 0 Å². The zero-order valence-electron chi connectivity index (χ0n) is 17.8. The molecular formula is C25H31N3O. The van der Waals surface area contributed by atoms with Crippen molar-refractivity contribution in [3.05, 3.63) is 71.3 Å². The molecule has 0 spiro atoms. The summed E-state index contributed by atoms with van der Waals surface area (Å²) in [5.41, 5.74) is 6.43. The highest BCUT2D eigenvalue weighted by Gasteiger charge is 2.35. The molecule has 1 atom stereocenters. The Balaban J connectivity index is 1.52. The molecule has 1 saturated heterocycles. The van der Waals surface area contributed by atoms with Gasteiger partial charge in [0.2, 0.25) is 5.91 Å². The minimum Gasteiger partial charge on any atom is -0.369 e. The van der Waals surface area contributed by atoms with Crippen molar-refractivity contribution in [3.8, 4) is 0 Å². The summed E-state index contributed by atoms with van der Waals surface area (Å²) >= 11 is 0. The number of carbonyl (C=O) groups is 1. The SMILES string of the molecule is CC=CCN1C(=O)CC(N2CCN(c3cccc(C)c3C)CC2)c2ccccc21. The number of nitrogens with zero attached hydrogens (tertiary/aromatic N) is 3. The number of carbonyl (C=O) groups excluding carboxylic acids is 1. The van der Waals surface area contributed by atoms with Crippen LogP contribution < -0.4 is 9.80 Å². The molecule has 0 aromatic heterocycles. The van der Waals surface area contributed by atoms with Crippen LogP contribution in [0.4, 0.5) is 11.4 Å². The molecule has 152 valence electrons. The predicted molar refractivity (Wildman–Crippen MR) is 121 cm³/mol. The molecule has 0 bridgehead atoms. The van der Waals surface area contributed by atoms with Gasteiger partial charge < -0.3 is 9.80 Å². The Bertz CT molecular complexity index is 912. The minimum absolute atomic E-state index is 0.182. The lowest BCUT2D eigenvalue weighted by atomic mass is 9.93. The van der Waals surface area contributed by atoms with Crippen LogP contribution in [0, 0.1) is 13.8 Å². The summed E-state index contributed by atoms with van der Waals surface area (Å²) in [6, 6.07) is 15.2. The molecule has 0 radical (unpaired) electrons. The van der Waals surface area contributed by atoms with E-state index >= 15 is 0 Å². The van der Waals surface area contributed by atoms with Gasteiger partial charge in [-0.05, 0) is 49.6 Å². The van der Waals surface area contributed by atoms with E-state index in [1.807, 2.05) is 24.0 Å². The summed E-state index contributed by atoms with van der Waals surface area (Å²) in [7, 11) is 0. The average Bonchev–Trinajstić information content (AvgIpc) is 2.75. The lowest BCUT2D eigenvalue weighted by molar-refractivity contribution is -0.120. The van der Waals surface area contributed by atoms with Gasteiger partial charge in [-0.3, -0.25) is 9.69 Å². The molecule has 2 aromatic rings. The van der Waals surface area contributed by atoms with Gasteiger partial charge in [-0.1, -0.05) is 42.5 Å². The Kier molecular flexibility index (Phi) is 5.72. The number of hydrogen-bond donors (Lipinski definition) is 0. The first kappa shape index (κ1) is 19.7. The van der Waals surface area contributed by atoms with Crippen molar-refractivity contribution in [2.45, 2.75) is 33.2 Å². The van der Waals surface area contributed by atoms with Crippen molar-refractivity contribution in [3.63, 3.8) is 0 Å². The zero-order chi connectivity index (χ0) is 20.4. The van der Waals surface area contributed by atoms with Gasteiger partial charge in [0.05, 0.1) is 0 Å². The Hall–Kier alpha value is -2.59. The van der Waals surface area contributed by atoms with Crippen molar-refractivity contribution >= 4 is 17.3 Å². The Morgan fingerprint density at radius 3 is 2.45 bits per heavy atom. The fraction of sp³-hybridized carbons (Fsp3) is 0.400. The number of piperazine rings is 1. The van der Waals surface area contributed by atoms with Gasteiger partial charge in [-0.2, -0.15) is 0 Å². The molecule has 2 aliphatic heterocycles. The highest BCUT2D eigenvalue weighted by molar-refractivity contribution is 5.97. The second kappa shape index (κ2) is 8.42. The normalized spacial score (nSPS) is 20.4. The van der Waals surface area contributed by atoms with E-state index in [0.717, 1.165) is 31.9 Å². The number of para-hydroxylation sites is 1. The number of rotatable bonds is 4. The number of anilines is 2. The van der Waals surface area contributed by atoms with Crippen molar-refractivity contribution in [1.82, 2.24) is 4.90 Å². The third-order valence-corrected chi connectivity index (χ3v) is 6.45. The molecule has 2 aliphatic rings. The third-order valence-electron chi connectivity index (χ3n) is 6.45. The van der Waals surface area contributed by atoms with Gasteiger partial charge in [0.15, 0.2) is 0 Å². The van der Waals surface area contributed by atoms with Crippen LogP contribution in [0.15, 0.2) is 54.6 Å². The monoisotopic (exact) mass is 389 g/mol. The highest BCUT2D eigenvalue weighted by Crippen LogP contribution is 2.38. The Morgan fingerprint density at radius 1 is 0.966 bits per heavy atom. The molecule has 1 unspecified atom stereocenters. The first-order valence-corrected chi connectivity index (χ1v) is 10.7. The number of allylic oxidation sites excluding steroid dienone is 1. The van der Waals surface area contributed by atoms with Crippen LogP contribution in [0.3, 0.4) is 0 Å². The molecule has 4 nitrogen and oxygen atoms in total. The average molecular weight is 390 g/mol. The first-order valence-electron chi connectivity index (χ1n) is 10.7. The molecule has 1 amide bonds. The van der Waals surface area contributed by atoms with Gasteiger partial charge in [-0.25, -0.2) is 0 Å². The van der Waals surface area contributed by atoms with Gasteiger partial charge in [0.25, 0.3) is 0 Å². The van der Waals surface area contributed by atoms with E-state index in [1.165, 1.54) is 22.4 Å². The van der Waals surface area contributed by atoms with E-state index in [9.17, 15) is 4.79 Å². The van der Waals surface area contributed by atoms with Crippen molar-refractivity contribution in [2.75, 3.05) is 42.5 Å². The number of amides is 1. The summed E-state index contributed by atoms with van der Waals surface area (Å²) in [6.45, 7) is 11.0. The van der Waals surface area contributed by atoms with Crippen LogP contribution in [0.25, 0.3) is 0 Å². The molecule has 29 heavy (non-hydrogen) atoms. The topological polar surface area (TPSA) is 26.8 Å². The van der Waals surface area contributed by atoms with E-state index in [0.29, 0.717) is 13.0 Å². The largest absolute Gasteiger partial charge is 0.369 e. The van der Waals surface area contributed by atoms with Crippen LogP contribution in [0.5, 0.6) is 0 Å². The maximum atomic E-state index is 12.9. The van der Waals surface area contributed by atoms with E-state index in [1.54, 1.807) is 0 Å². The molecule has 1 fully saturated rings. The van der Waals surface area contributed by atoms with Crippen LogP contribution in [0.1, 0.15) is 36.1 Å². The first-order chi connectivity index (χ1) is 14.1. The van der Waals surface area contributed by atoms with Crippen LogP contribution in [0.2, 0.25) is 0 Å². The zero-order valence-corrected chi connectivity index (χ0v) is 17.8. The number of fused-ring (bicyclic) bond motifs is 1. The van der Waals surface area contributed by atoms with Crippen molar-refractivity contribution in [1.29, 1.82) is 0 Å². The fourth-order valence-corrected chi connectivity index (χ4v) is 4.62. The van der Waals surface area contributed by atoms with E-state index in [-0.39, 0.29) is 11.9 Å². The van der Waals surface area contributed by atoms with Crippen LogP contribution >= 0.6 is 0 Å². The summed E-state index contributed by atoms with van der Waals surface area (Å²) in [5, 5.41) is 0. The van der Waals surface area contributed by atoms with E-state index in [2.05, 4.69) is 66.1 Å². The van der Waals surface area contributed by atoms with Crippen molar-refractivity contribution < 1.29 is 4.79 Å². The summed E-state index contributed by atoms with van der Waals surface area (Å²) in [6.07, 6.45) is 4.63. The summed E-state index contributed by atoms with van der Waals surface area (Å²) in [5.74, 6) is 0.226. The smallest absolute Gasteiger partial charge is 0.229 e. The lowest BCUT2D eigenvalue weighted by Gasteiger charge is -2.44. The van der Waals surface area contributed by atoms with E-state index in [4.69, 9.17) is 0 Å². The second-order valence-corrected chi connectivity index (χ2v) is 8.09. The highest BCUT2D eigenvalue weighted by atomic mass is 16.2. The minimum atomic E-state index is 0.182. The molecule has 2 heterocycles. The van der Waals surface area contributed by atoms with Gasteiger partial charge in [0, 0.05) is 56.6 Å². The maximum Gasteiger partial charge on any atom is 0.229 e. The van der Waals surface area contributed by atoms with Gasteiger partial charge in [0.1, 0.15) is 0 Å². The van der Waals surface area contributed by atoms with Gasteiger partial charge in [-0.15, -0.1) is 0 Å². The van der Waals surface area contributed by atoms with Crippen LogP contribution in [-0.2, 0) is 4.79 Å². The van der Waals surface area contributed by atoms with Gasteiger partial charge >= 0.3 is 0 Å². The number of aryl methyl sites for hydroxylation is 1. The maximum absolute atomic E-state index is 12.9. The quantitative estimate of drug-likeness (QED) is 0.722. The lowest BCUT2D eigenvalue weighted by Crippen LogP contribution is -2.50. The number of hydrogen-bond acceptors (Lipinski definition) is 3. The predicted octanol–water partition coefficient (Wildman–Crippen LogP) is 4.48. The molecule has 2 aromatic carbocycles. The molecular weight excluding hydrogens is 358 g/mol. The third kappa shape index (κ3) is 3.82. The molecule has 0 saturated carbocycles. The standard InChI is InChI=1S/C25H31N3O/c1-4-5-13-28-23-11-7-6-10-21(23)24(18-25(28)29)27-16-14-26(15-17-27)22-12-8-9-19(2)20(22)3/h4-12,24H,13-18H2,1-3H3. The van der Waals surface area contributed by atoms with E-state index < -0.39 is 0 Å².